The van der Waals surface area contributed by atoms with Gasteiger partial charge in [-0.2, -0.15) is 0 Å². The highest BCUT2D eigenvalue weighted by atomic mass is 19.1. The summed E-state index contributed by atoms with van der Waals surface area (Å²) in [5, 5.41) is 6.77. The average molecular weight is 363 g/mol. The van der Waals surface area contributed by atoms with E-state index >= 15 is 0 Å². The Morgan fingerprint density at radius 1 is 1.22 bits per heavy atom. The van der Waals surface area contributed by atoms with Gasteiger partial charge >= 0.3 is 0 Å². The highest BCUT2D eigenvalue weighted by Gasteiger charge is 2.36. The van der Waals surface area contributed by atoms with Crippen LogP contribution in [0.1, 0.15) is 37.7 Å². The number of Topliss-reactive ketones (excluding diaryl/α,β-unsaturated/α-hetero) is 1. The van der Waals surface area contributed by atoms with Crippen molar-refractivity contribution < 1.29 is 9.18 Å². The molecule has 0 spiro atoms. The Hall–Kier alpha value is -2.95. The minimum atomic E-state index is -0.362. The largest absolute Gasteiger partial charge is 0.380 e. The van der Waals surface area contributed by atoms with E-state index < -0.39 is 0 Å². The second kappa shape index (κ2) is 7.35. The number of nitrogens with zero attached hydrogens (tertiary/aromatic N) is 1. The van der Waals surface area contributed by atoms with Crippen LogP contribution in [0.25, 0.3) is 0 Å². The van der Waals surface area contributed by atoms with Crippen LogP contribution in [0.2, 0.25) is 0 Å². The molecule has 1 aliphatic heterocycles. The lowest BCUT2D eigenvalue weighted by Crippen LogP contribution is -2.33. The molecule has 27 heavy (non-hydrogen) atoms. The van der Waals surface area contributed by atoms with E-state index in [0.29, 0.717) is 18.5 Å². The molecule has 2 aromatic rings. The summed E-state index contributed by atoms with van der Waals surface area (Å²) in [6, 6.07) is 10.6. The first-order valence-electron chi connectivity index (χ1n) is 9.26. The molecule has 0 fully saturated rings. The van der Waals surface area contributed by atoms with Gasteiger partial charge in [0, 0.05) is 48.2 Å². The molecule has 4 rings (SSSR count). The quantitative estimate of drug-likeness (QED) is 0.850. The third-order valence-corrected chi connectivity index (χ3v) is 5.27. The monoisotopic (exact) mass is 363 g/mol. The summed E-state index contributed by atoms with van der Waals surface area (Å²) in [7, 11) is 0. The Bertz CT molecular complexity index is 934. The highest BCUT2D eigenvalue weighted by Crippen LogP contribution is 2.42. The molecule has 0 radical (unpaired) electrons. The number of ketones is 1. The van der Waals surface area contributed by atoms with Crippen molar-refractivity contribution in [1.82, 2.24) is 10.3 Å². The number of halogens is 1. The summed E-state index contributed by atoms with van der Waals surface area (Å²) < 4.78 is 14.7. The van der Waals surface area contributed by atoms with Crippen molar-refractivity contribution in [3.05, 3.63) is 82.7 Å². The summed E-state index contributed by atoms with van der Waals surface area (Å²) >= 11 is 0. The number of dihydropyridines is 1. The lowest BCUT2D eigenvalue weighted by molar-refractivity contribution is -0.116. The van der Waals surface area contributed by atoms with Crippen LogP contribution in [0.3, 0.4) is 0 Å². The van der Waals surface area contributed by atoms with E-state index in [1.807, 2.05) is 25.1 Å². The Morgan fingerprint density at radius 3 is 2.85 bits per heavy atom. The Balaban J connectivity index is 1.75. The van der Waals surface area contributed by atoms with Gasteiger partial charge in [-0.15, -0.1) is 0 Å². The maximum atomic E-state index is 14.7. The summed E-state index contributed by atoms with van der Waals surface area (Å²) in [4.78, 5) is 16.9. The first kappa shape index (κ1) is 17.5. The molecule has 2 heterocycles. The van der Waals surface area contributed by atoms with Crippen LogP contribution in [0, 0.1) is 5.82 Å². The number of rotatable bonds is 4. The highest BCUT2D eigenvalue weighted by molar-refractivity contribution is 5.99. The predicted molar refractivity (Wildman–Crippen MR) is 104 cm³/mol. The average Bonchev–Trinajstić information content (AvgIpc) is 2.68. The molecule has 2 aliphatic rings. The molecular formula is C22H22FN3O. The summed E-state index contributed by atoms with van der Waals surface area (Å²) in [6.45, 7) is 2.50. The Kier molecular flexibility index (Phi) is 4.75. The number of benzene rings is 1. The number of allylic oxidation sites excluding steroid dienone is 3. The topological polar surface area (TPSA) is 54.0 Å². The van der Waals surface area contributed by atoms with Crippen LogP contribution in [0.5, 0.6) is 0 Å². The van der Waals surface area contributed by atoms with Crippen LogP contribution in [0.15, 0.2) is 71.3 Å². The first-order chi connectivity index (χ1) is 13.1. The number of hydrogen-bond donors (Lipinski definition) is 2. The van der Waals surface area contributed by atoms with Gasteiger partial charge in [0.15, 0.2) is 5.78 Å². The van der Waals surface area contributed by atoms with Gasteiger partial charge in [-0.25, -0.2) is 4.39 Å². The van der Waals surface area contributed by atoms with Crippen molar-refractivity contribution in [2.45, 2.75) is 32.1 Å². The first-order valence-corrected chi connectivity index (χ1v) is 9.26. The van der Waals surface area contributed by atoms with Crippen molar-refractivity contribution in [1.29, 1.82) is 0 Å². The summed E-state index contributed by atoms with van der Waals surface area (Å²) in [6.07, 6.45) is 5.66. The molecule has 1 atom stereocenters. The molecule has 0 bridgehead atoms. The number of anilines is 1. The van der Waals surface area contributed by atoms with Gasteiger partial charge in [-0.1, -0.05) is 18.2 Å². The number of nitrogens with one attached hydrogen (secondary N) is 2. The van der Waals surface area contributed by atoms with Gasteiger partial charge in [-0.3, -0.25) is 9.78 Å². The minimum absolute atomic E-state index is 0.114. The van der Waals surface area contributed by atoms with Crippen LogP contribution >= 0.6 is 0 Å². The van der Waals surface area contributed by atoms with Crippen LogP contribution in [0.4, 0.5) is 10.1 Å². The zero-order chi connectivity index (χ0) is 18.8. The fourth-order valence-corrected chi connectivity index (χ4v) is 3.98. The van der Waals surface area contributed by atoms with E-state index in [1.54, 1.807) is 24.5 Å². The SMILES string of the molecule is CC1=C(CNc2cccnc2)[C@@H](c2ccccc2F)C2=C(CCCC2=O)N1. The maximum absolute atomic E-state index is 14.7. The van der Waals surface area contributed by atoms with Gasteiger partial charge in [0.2, 0.25) is 0 Å². The Labute approximate surface area is 158 Å². The van der Waals surface area contributed by atoms with Crippen molar-refractivity contribution in [3.8, 4) is 0 Å². The smallest absolute Gasteiger partial charge is 0.161 e. The van der Waals surface area contributed by atoms with E-state index in [4.69, 9.17) is 0 Å². The van der Waals surface area contributed by atoms with E-state index in [-0.39, 0.29) is 17.5 Å². The molecule has 4 nitrogen and oxygen atoms in total. The number of carbonyl (C=O) groups excluding carboxylic acids is 1. The molecule has 0 amide bonds. The number of hydrogen-bond acceptors (Lipinski definition) is 4. The fourth-order valence-electron chi connectivity index (χ4n) is 3.98. The Morgan fingerprint density at radius 2 is 2.07 bits per heavy atom. The molecule has 0 saturated carbocycles. The molecule has 1 aromatic carbocycles. The third-order valence-electron chi connectivity index (χ3n) is 5.27. The minimum Gasteiger partial charge on any atom is -0.380 e. The molecule has 1 aromatic heterocycles. The molecule has 138 valence electrons. The zero-order valence-corrected chi connectivity index (χ0v) is 15.3. The molecule has 5 heteroatoms. The van der Waals surface area contributed by atoms with Crippen molar-refractivity contribution in [2.24, 2.45) is 0 Å². The fraction of sp³-hybridized carbons (Fsp3) is 0.273. The van der Waals surface area contributed by atoms with E-state index in [1.165, 1.54) is 6.07 Å². The van der Waals surface area contributed by atoms with Gasteiger partial charge < -0.3 is 10.6 Å². The standard InChI is InChI=1S/C22H22FN3O/c1-14-17(13-25-15-6-5-11-24-12-15)21(16-7-2-3-8-18(16)23)22-19(26-14)9-4-10-20(22)27/h2-3,5-8,11-12,21,25-26H,4,9-10,13H2,1H3/t21-/m1/s1. The van der Waals surface area contributed by atoms with Crippen LogP contribution in [-0.2, 0) is 4.79 Å². The van der Waals surface area contributed by atoms with Gasteiger partial charge in [0.1, 0.15) is 5.82 Å². The van der Waals surface area contributed by atoms with Gasteiger partial charge in [0.05, 0.1) is 5.69 Å². The molecule has 0 saturated heterocycles. The summed E-state index contributed by atoms with van der Waals surface area (Å²) in [5.74, 6) is -0.524. The molecular weight excluding hydrogens is 341 g/mol. The second-order valence-electron chi connectivity index (χ2n) is 6.99. The van der Waals surface area contributed by atoms with E-state index in [0.717, 1.165) is 41.1 Å². The zero-order valence-electron chi connectivity index (χ0n) is 15.3. The maximum Gasteiger partial charge on any atom is 0.161 e. The van der Waals surface area contributed by atoms with Crippen molar-refractivity contribution >= 4 is 11.5 Å². The molecule has 1 aliphatic carbocycles. The third kappa shape index (κ3) is 3.37. The van der Waals surface area contributed by atoms with Crippen LogP contribution in [-0.4, -0.2) is 17.3 Å². The predicted octanol–water partition coefficient (Wildman–Crippen LogP) is 4.30. The van der Waals surface area contributed by atoms with E-state index in [2.05, 4.69) is 15.6 Å². The molecule has 2 N–H and O–H groups in total. The van der Waals surface area contributed by atoms with Gasteiger partial charge in [-0.05, 0) is 49.1 Å². The summed E-state index contributed by atoms with van der Waals surface area (Å²) in [5.41, 5.74) is 5.08. The van der Waals surface area contributed by atoms with E-state index in [9.17, 15) is 9.18 Å². The second-order valence-corrected chi connectivity index (χ2v) is 6.99. The number of carbonyl (C=O) groups is 1. The van der Waals surface area contributed by atoms with Crippen molar-refractivity contribution in [3.63, 3.8) is 0 Å². The molecule has 0 unspecified atom stereocenters. The van der Waals surface area contributed by atoms with Gasteiger partial charge in [0.25, 0.3) is 0 Å². The van der Waals surface area contributed by atoms with Crippen molar-refractivity contribution in [2.75, 3.05) is 11.9 Å². The lowest BCUT2D eigenvalue weighted by Gasteiger charge is -2.35. The lowest BCUT2D eigenvalue weighted by atomic mass is 9.75. The number of aromatic nitrogens is 1. The normalized spacial score (nSPS) is 19.6. The number of pyridine rings is 1. The van der Waals surface area contributed by atoms with Crippen LogP contribution < -0.4 is 10.6 Å².